The SMILES string of the molecule is Cc1cc(N2CCN(C(=O)Cn3nc4ccccc4n3)CC2)cc(C)n1. The molecule has 1 aliphatic heterocycles. The first-order chi connectivity index (χ1) is 12.6. The minimum atomic E-state index is 0.0621. The summed E-state index contributed by atoms with van der Waals surface area (Å²) in [4.78, 5) is 22.7. The van der Waals surface area contributed by atoms with Crippen molar-refractivity contribution in [3.63, 3.8) is 0 Å². The van der Waals surface area contributed by atoms with Crippen molar-refractivity contribution in [3.05, 3.63) is 47.8 Å². The van der Waals surface area contributed by atoms with Crippen molar-refractivity contribution in [1.29, 1.82) is 0 Å². The van der Waals surface area contributed by atoms with Gasteiger partial charge in [-0.2, -0.15) is 15.0 Å². The van der Waals surface area contributed by atoms with E-state index in [-0.39, 0.29) is 12.5 Å². The lowest BCUT2D eigenvalue weighted by atomic mass is 10.2. The highest BCUT2D eigenvalue weighted by atomic mass is 16.2. The van der Waals surface area contributed by atoms with Crippen LogP contribution in [0, 0.1) is 13.8 Å². The summed E-state index contributed by atoms with van der Waals surface area (Å²) in [5.41, 5.74) is 4.86. The van der Waals surface area contributed by atoms with E-state index in [0.29, 0.717) is 13.1 Å². The van der Waals surface area contributed by atoms with E-state index >= 15 is 0 Å². The quantitative estimate of drug-likeness (QED) is 0.720. The molecule has 4 rings (SSSR count). The van der Waals surface area contributed by atoms with E-state index in [9.17, 15) is 4.79 Å². The van der Waals surface area contributed by atoms with Crippen molar-refractivity contribution < 1.29 is 4.79 Å². The van der Waals surface area contributed by atoms with Crippen LogP contribution < -0.4 is 4.90 Å². The number of fused-ring (bicyclic) bond motifs is 1. The zero-order valence-electron chi connectivity index (χ0n) is 15.1. The molecule has 1 amide bonds. The predicted octanol–water partition coefficient (Wildman–Crippen LogP) is 1.79. The summed E-state index contributed by atoms with van der Waals surface area (Å²) in [6.07, 6.45) is 0. The lowest BCUT2D eigenvalue weighted by Gasteiger charge is -2.36. The average Bonchev–Trinajstić information content (AvgIpc) is 3.03. The normalized spacial score (nSPS) is 14.8. The molecule has 3 heterocycles. The van der Waals surface area contributed by atoms with Crippen LogP contribution in [0.2, 0.25) is 0 Å². The number of nitrogens with zero attached hydrogens (tertiary/aromatic N) is 6. The number of anilines is 1. The van der Waals surface area contributed by atoms with Crippen LogP contribution in [-0.4, -0.2) is 57.0 Å². The van der Waals surface area contributed by atoms with Gasteiger partial charge in [-0.1, -0.05) is 12.1 Å². The van der Waals surface area contributed by atoms with E-state index < -0.39 is 0 Å². The van der Waals surface area contributed by atoms with Crippen molar-refractivity contribution >= 4 is 22.6 Å². The zero-order chi connectivity index (χ0) is 18.1. The van der Waals surface area contributed by atoms with Crippen molar-refractivity contribution in [2.45, 2.75) is 20.4 Å². The second kappa shape index (κ2) is 6.74. The summed E-state index contributed by atoms with van der Waals surface area (Å²) < 4.78 is 0. The Balaban J connectivity index is 1.38. The molecule has 0 bridgehead atoms. The van der Waals surface area contributed by atoms with Crippen LogP contribution in [0.15, 0.2) is 36.4 Å². The lowest BCUT2D eigenvalue weighted by molar-refractivity contribution is -0.132. The molecule has 26 heavy (non-hydrogen) atoms. The van der Waals surface area contributed by atoms with Gasteiger partial charge in [-0.3, -0.25) is 9.78 Å². The van der Waals surface area contributed by atoms with Gasteiger partial charge >= 0.3 is 0 Å². The summed E-state index contributed by atoms with van der Waals surface area (Å²) in [6, 6.07) is 11.9. The monoisotopic (exact) mass is 350 g/mol. The summed E-state index contributed by atoms with van der Waals surface area (Å²) in [7, 11) is 0. The van der Waals surface area contributed by atoms with Crippen LogP contribution in [-0.2, 0) is 11.3 Å². The first-order valence-electron chi connectivity index (χ1n) is 8.86. The molecule has 0 unspecified atom stereocenters. The smallest absolute Gasteiger partial charge is 0.246 e. The lowest BCUT2D eigenvalue weighted by Crippen LogP contribution is -2.49. The molecule has 0 spiro atoms. The van der Waals surface area contributed by atoms with Gasteiger partial charge in [-0.15, -0.1) is 0 Å². The molecule has 3 aromatic rings. The minimum absolute atomic E-state index is 0.0621. The molecule has 134 valence electrons. The zero-order valence-corrected chi connectivity index (χ0v) is 15.1. The van der Waals surface area contributed by atoms with Crippen molar-refractivity contribution in [3.8, 4) is 0 Å². The first kappa shape index (κ1) is 16.5. The number of carbonyl (C=O) groups excluding carboxylic acids is 1. The van der Waals surface area contributed by atoms with Crippen LogP contribution in [0.3, 0.4) is 0 Å². The molecular formula is C19H22N6O. The molecule has 7 nitrogen and oxygen atoms in total. The summed E-state index contributed by atoms with van der Waals surface area (Å²) in [6.45, 7) is 7.27. The third-order valence-electron chi connectivity index (χ3n) is 4.67. The molecule has 0 aliphatic carbocycles. The fourth-order valence-corrected chi connectivity index (χ4v) is 3.41. The second-order valence-corrected chi connectivity index (χ2v) is 6.70. The maximum atomic E-state index is 12.6. The van der Waals surface area contributed by atoms with Gasteiger partial charge in [0.1, 0.15) is 17.6 Å². The number of amides is 1. The van der Waals surface area contributed by atoms with E-state index in [1.807, 2.05) is 43.0 Å². The van der Waals surface area contributed by atoms with E-state index in [2.05, 4.69) is 32.2 Å². The molecule has 0 atom stereocenters. The van der Waals surface area contributed by atoms with Gasteiger partial charge in [-0.25, -0.2) is 0 Å². The van der Waals surface area contributed by atoms with Crippen molar-refractivity contribution in [2.75, 3.05) is 31.1 Å². The molecular weight excluding hydrogens is 328 g/mol. The summed E-state index contributed by atoms with van der Waals surface area (Å²) in [5.74, 6) is 0.0621. The second-order valence-electron chi connectivity index (χ2n) is 6.70. The van der Waals surface area contributed by atoms with Crippen LogP contribution in [0.1, 0.15) is 11.4 Å². The molecule has 0 N–H and O–H groups in total. The predicted molar refractivity (Wildman–Crippen MR) is 100 cm³/mol. The summed E-state index contributed by atoms with van der Waals surface area (Å²) in [5, 5.41) is 8.74. The van der Waals surface area contributed by atoms with E-state index in [1.54, 1.807) is 0 Å². The molecule has 1 aliphatic rings. The Bertz CT molecular complexity index is 889. The van der Waals surface area contributed by atoms with Crippen LogP contribution in [0.25, 0.3) is 11.0 Å². The first-order valence-corrected chi connectivity index (χ1v) is 8.86. The molecule has 1 fully saturated rings. The number of aromatic nitrogens is 4. The number of aryl methyl sites for hydroxylation is 2. The minimum Gasteiger partial charge on any atom is -0.368 e. The Morgan fingerprint density at radius 3 is 2.12 bits per heavy atom. The number of piperazine rings is 1. The van der Waals surface area contributed by atoms with Gasteiger partial charge < -0.3 is 9.80 Å². The van der Waals surface area contributed by atoms with E-state index in [4.69, 9.17) is 0 Å². The fraction of sp³-hybridized carbons (Fsp3) is 0.368. The van der Waals surface area contributed by atoms with Gasteiger partial charge in [-0.05, 0) is 38.1 Å². The highest BCUT2D eigenvalue weighted by molar-refractivity contribution is 5.77. The Morgan fingerprint density at radius 1 is 0.962 bits per heavy atom. The molecule has 1 aromatic carbocycles. The highest BCUT2D eigenvalue weighted by Gasteiger charge is 2.22. The molecule has 0 saturated carbocycles. The topological polar surface area (TPSA) is 67.2 Å². The molecule has 1 saturated heterocycles. The standard InChI is InChI=1S/C19H22N6O/c1-14-11-16(12-15(2)20-14)23-7-9-24(10-8-23)19(26)13-25-21-17-5-3-4-6-18(17)22-25/h3-6,11-12H,7-10,13H2,1-2H3. The number of hydrogen-bond acceptors (Lipinski definition) is 5. The number of carbonyl (C=O) groups is 1. The Kier molecular flexibility index (Phi) is 4.28. The number of benzene rings is 1. The Labute approximate surface area is 152 Å². The number of hydrogen-bond donors (Lipinski definition) is 0. The maximum absolute atomic E-state index is 12.6. The average molecular weight is 350 g/mol. The van der Waals surface area contributed by atoms with Gasteiger partial charge in [0.25, 0.3) is 0 Å². The van der Waals surface area contributed by atoms with Gasteiger partial charge in [0, 0.05) is 43.3 Å². The largest absolute Gasteiger partial charge is 0.368 e. The van der Waals surface area contributed by atoms with Gasteiger partial charge in [0.05, 0.1) is 0 Å². The third kappa shape index (κ3) is 3.37. The van der Waals surface area contributed by atoms with E-state index in [1.165, 1.54) is 10.5 Å². The van der Waals surface area contributed by atoms with Crippen LogP contribution in [0.4, 0.5) is 5.69 Å². The molecule has 2 aromatic heterocycles. The van der Waals surface area contributed by atoms with Crippen molar-refractivity contribution in [1.82, 2.24) is 24.9 Å². The number of rotatable bonds is 3. The van der Waals surface area contributed by atoms with Crippen molar-refractivity contribution in [2.24, 2.45) is 0 Å². The van der Waals surface area contributed by atoms with Crippen LogP contribution in [0.5, 0.6) is 0 Å². The van der Waals surface area contributed by atoms with Gasteiger partial charge in [0.15, 0.2) is 0 Å². The highest BCUT2D eigenvalue weighted by Crippen LogP contribution is 2.18. The summed E-state index contributed by atoms with van der Waals surface area (Å²) >= 11 is 0. The van der Waals surface area contributed by atoms with E-state index in [0.717, 1.165) is 35.5 Å². The maximum Gasteiger partial charge on any atom is 0.246 e. The van der Waals surface area contributed by atoms with Gasteiger partial charge in [0.2, 0.25) is 5.91 Å². The number of pyridine rings is 1. The Morgan fingerprint density at radius 2 is 1.54 bits per heavy atom. The Hall–Kier alpha value is -2.96. The fourth-order valence-electron chi connectivity index (χ4n) is 3.41. The third-order valence-corrected chi connectivity index (χ3v) is 4.67. The molecule has 7 heteroatoms. The van der Waals surface area contributed by atoms with Crippen LogP contribution >= 0.6 is 0 Å². The molecule has 0 radical (unpaired) electrons.